The van der Waals surface area contributed by atoms with Crippen LogP contribution in [0.3, 0.4) is 0 Å². The number of carbonyl (C=O) groups is 1. The van der Waals surface area contributed by atoms with Gasteiger partial charge in [-0.2, -0.15) is 0 Å². The number of anilines is 1. The van der Waals surface area contributed by atoms with Crippen molar-refractivity contribution in [2.75, 3.05) is 12.8 Å². The number of carboxylic acid groups (broad SMARTS) is 1. The van der Waals surface area contributed by atoms with Crippen molar-refractivity contribution in [3.63, 3.8) is 0 Å². The van der Waals surface area contributed by atoms with Crippen LogP contribution in [0.15, 0.2) is 30.3 Å². The lowest BCUT2D eigenvalue weighted by Gasteiger charge is -2.10. The normalized spacial score (nSPS) is 10.2. The number of nitrogens with two attached hydrogens (primary N) is 1. The van der Waals surface area contributed by atoms with Crippen LogP contribution in [0.2, 0.25) is 0 Å². The molecule has 0 unspecified atom stereocenters. The summed E-state index contributed by atoms with van der Waals surface area (Å²) in [6, 6.07) is 8.31. The number of methoxy groups -OCH3 is 1. The second kappa shape index (κ2) is 4.97. The van der Waals surface area contributed by atoms with Crippen LogP contribution in [-0.4, -0.2) is 23.2 Å². The fourth-order valence-electron chi connectivity index (χ4n) is 1.86. The zero-order valence-electron chi connectivity index (χ0n) is 10.7. The highest BCUT2D eigenvalue weighted by atomic mass is 16.5. The summed E-state index contributed by atoms with van der Waals surface area (Å²) < 4.78 is 5.21. The Labute approximate surface area is 110 Å². The van der Waals surface area contributed by atoms with E-state index < -0.39 is 5.97 Å². The molecule has 0 saturated heterocycles. The highest BCUT2D eigenvalue weighted by Gasteiger charge is 2.11. The van der Waals surface area contributed by atoms with Gasteiger partial charge in [0, 0.05) is 5.56 Å². The molecule has 5 nitrogen and oxygen atoms in total. The van der Waals surface area contributed by atoms with Gasteiger partial charge in [0.1, 0.15) is 11.6 Å². The molecule has 0 aliphatic carbocycles. The van der Waals surface area contributed by atoms with E-state index in [1.54, 1.807) is 38.3 Å². The van der Waals surface area contributed by atoms with E-state index in [4.69, 9.17) is 15.6 Å². The first-order valence-electron chi connectivity index (χ1n) is 5.67. The zero-order valence-corrected chi connectivity index (χ0v) is 10.7. The van der Waals surface area contributed by atoms with E-state index in [2.05, 4.69) is 4.98 Å². The van der Waals surface area contributed by atoms with Gasteiger partial charge in [0.05, 0.1) is 18.4 Å². The lowest BCUT2D eigenvalue weighted by atomic mass is 10.0. The smallest absolute Gasteiger partial charge is 0.335 e. The zero-order chi connectivity index (χ0) is 14.0. The lowest BCUT2D eigenvalue weighted by Crippen LogP contribution is -2.00. The molecule has 0 amide bonds. The summed E-state index contributed by atoms with van der Waals surface area (Å²) in [4.78, 5) is 15.2. The van der Waals surface area contributed by atoms with Crippen molar-refractivity contribution in [1.82, 2.24) is 4.98 Å². The molecular weight excluding hydrogens is 244 g/mol. The standard InChI is InChI=1S/C14H14N2O3/c1-8-12(19-2)7-11(13(15)16-8)9-4-3-5-10(6-9)14(17)18/h3-7H,1-2H3,(H2,15,16)(H,17,18). The van der Waals surface area contributed by atoms with Crippen molar-refractivity contribution < 1.29 is 14.6 Å². The van der Waals surface area contributed by atoms with Crippen LogP contribution in [0, 0.1) is 6.92 Å². The molecule has 2 rings (SSSR count). The molecule has 3 N–H and O–H groups in total. The molecule has 0 saturated carbocycles. The van der Waals surface area contributed by atoms with E-state index in [0.29, 0.717) is 28.4 Å². The summed E-state index contributed by atoms with van der Waals surface area (Å²) in [5, 5.41) is 9.00. The molecule has 98 valence electrons. The second-order valence-electron chi connectivity index (χ2n) is 4.09. The van der Waals surface area contributed by atoms with Gasteiger partial charge in [-0.05, 0) is 30.7 Å². The largest absolute Gasteiger partial charge is 0.495 e. The van der Waals surface area contributed by atoms with Crippen LogP contribution in [0.1, 0.15) is 16.1 Å². The topological polar surface area (TPSA) is 85.4 Å². The highest BCUT2D eigenvalue weighted by molar-refractivity contribution is 5.90. The van der Waals surface area contributed by atoms with Gasteiger partial charge in [-0.15, -0.1) is 0 Å². The number of carboxylic acids is 1. The summed E-state index contributed by atoms with van der Waals surface area (Å²) in [6.45, 7) is 1.80. The monoisotopic (exact) mass is 258 g/mol. The minimum atomic E-state index is -0.979. The maximum Gasteiger partial charge on any atom is 0.335 e. The summed E-state index contributed by atoms with van der Waals surface area (Å²) in [5.41, 5.74) is 8.14. The number of hydrogen-bond donors (Lipinski definition) is 2. The summed E-state index contributed by atoms with van der Waals surface area (Å²) in [7, 11) is 1.55. The van der Waals surface area contributed by atoms with Crippen molar-refractivity contribution in [2.24, 2.45) is 0 Å². The average Bonchev–Trinajstić information content (AvgIpc) is 2.39. The first-order valence-corrected chi connectivity index (χ1v) is 5.67. The van der Waals surface area contributed by atoms with Gasteiger partial charge < -0.3 is 15.6 Å². The van der Waals surface area contributed by atoms with Gasteiger partial charge in [0.2, 0.25) is 0 Å². The van der Waals surface area contributed by atoms with Crippen molar-refractivity contribution in [1.29, 1.82) is 0 Å². The molecule has 1 aromatic carbocycles. The number of aromatic carboxylic acids is 1. The molecule has 0 spiro atoms. The van der Waals surface area contributed by atoms with Crippen LogP contribution >= 0.6 is 0 Å². The number of aromatic nitrogens is 1. The number of rotatable bonds is 3. The Morgan fingerprint density at radius 3 is 2.74 bits per heavy atom. The SMILES string of the molecule is COc1cc(-c2cccc(C(=O)O)c2)c(N)nc1C. The molecule has 0 aliphatic heterocycles. The third kappa shape index (κ3) is 2.49. The fraction of sp³-hybridized carbons (Fsp3) is 0.143. The lowest BCUT2D eigenvalue weighted by molar-refractivity contribution is 0.0697. The molecule has 0 bridgehead atoms. The number of nitrogens with zero attached hydrogens (tertiary/aromatic N) is 1. The Bertz CT molecular complexity index is 639. The minimum absolute atomic E-state index is 0.205. The summed E-state index contributed by atoms with van der Waals surface area (Å²) >= 11 is 0. The van der Waals surface area contributed by atoms with E-state index in [-0.39, 0.29) is 5.56 Å². The van der Waals surface area contributed by atoms with Gasteiger partial charge in [-0.3, -0.25) is 0 Å². The van der Waals surface area contributed by atoms with Gasteiger partial charge in [0.25, 0.3) is 0 Å². The van der Waals surface area contributed by atoms with Crippen molar-refractivity contribution >= 4 is 11.8 Å². The maximum absolute atomic E-state index is 11.0. The molecule has 2 aromatic rings. The molecule has 0 fully saturated rings. The number of pyridine rings is 1. The molecule has 0 atom stereocenters. The van der Waals surface area contributed by atoms with Crippen LogP contribution in [0.4, 0.5) is 5.82 Å². The Morgan fingerprint density at radius 1 is 1.37 bits per heavy atom. The Balaban J connectivity index is 2.58. The molecular formula is C14H14N2O3. The Kier molecular flexibility index (Phi) is 3.37. The molecule has 5 heteroatoms. The van der Waals surface area contributed by atoms with Crippen molar-refractivity contribution in [2.45, 2.75) is 6.92 Å². The van der Waals surface area contributed by atoms with Gasteiger partial charge in [-0.25, -0.2) is 9.78 Å². The molecule has 19 heavy (non-hydrogen) atoms. The van der Waals surface area contributed by atoms with Crippen LogP contribution in [-0.2, 0) is 0 Å². The van der Waals surface area contributed by atoms with E-state index in [0.717, 1.165) is 0 Å². The van der Waals surface area contributed by atoms with E-state index in [1.165, 1.54) is 6.07 Å². The Morgan fingerprint density at radius 2 is 2.11 bits per heavy atom. The number of hydrogen-bond acceptors (Lipinski definition) is 4. The van der Waals surface area contributed by atoms with Gasteiger partial charge >= 0.3 is 5.97 Å². The molecule has 1 aromatic heterocycles. The number of nitrogen functional groups attached to an aromatic ring is 1. The second-order valence-corrected chi connectivity index (χ2v) is 4.09. The first kappa shape index (κ1) is 12.9. The van der Waals surface area contributed by atoms with Crippen molar-refractivity contribution in [3.8, 4) is 16.9 Å². The van der Waals surface area contributed by atoms with Gasteiger partial charge in [-0.1, -0.05) is 12.1 Å². The van der Waals surface area contributed by atoms with Gasteiger partial charge in [0.15, 0.2) is 0 Å². The molecule has 1 heterocycles. The van der Waals surface area contributed by atoms with E-state index >= 15 is 0 Å². The van der Waals surface area contributed by atoms with Crippen LogP contribution in [0.5, 0.6) is 5.75 Å². The van der Waals surface area contributed by atoms with Crippen molar-refractivity contribution in [3.05, 3.63) is 41.6 Å². The molecule has 0 radical (unpaired) electrons. The minimum Gasteiger partial charge on any atom is -0.495 e. The van der Waals surface area contributed by atoms with Crippen LogP contribution < -0.4 is 10.5 Å². The van der Waals surface area contributed by atoms with E-state index in [9.17, 15) is 4.79 Å². The first-order chi connectivity index (χ1) is 9.02. The maximum atomic E-state index is 11.0. The number of benzene rings is 1. The average molecular weight is 258 g/mol. The Hall–Kier alpha value is -2.56. The quantitative estimate of drug-likeness (QED) is 0.882. The predicted octanol–water partition coefficient (Wildman–Crippen LogP) is 2.35. The third-order valence-electron chi connectivity index (χ3n) is 2.84. The number of aryl methyl sites for hydroxylation is 1. The summed E-state index contributed by atoms with van der Waals surface area (Å²) in [6.07, 6.45) is 0. The summed E-state index contributed by atoms with van der Waals surface area (Å²) in [5.74, 6) is -0.0155. The third-order valence-corrected chi connectivity index (χ3v) is 2.84. The fourth-order valence-corrected chi connectivity index (χ4v) is 1.86. The predicted molar refractivity (Wildman–Crippen MR) is 72.3 cm³/mol. The van der Waals surface area contributed by atoms with Crippen LogP contribution in [0.25, 0.3) is 11.1 Å². The molecule has 0 aliphatic rings. The number of ether oxygens (including phenoxy) is 1. The highest BCUT2D eigenvalue weighted by Crippen LogP contribution is 2.30. The van der Waals surface area contributed by atoms with E-state index in [1.807, 2.05) is 0 Å².